The number of aromatic nitrogens is 1. The Morgan fingerprint density at radius 3 is 2.51 bits per heavy atom. The molecule has 0 saturated heterocycles. The quantitative estimate of drug-likeness (QED) is 0.105. The maximum absolute atomic E-state index is 12.7. The summed E-state index contributed by atoms with van der Waals surface area (Å²) in [5, 5.41) is 42.0. The van der Waals surface area contributed by atoms with Crippen LogP contribution in [-0.4, -0.2) is 54.0 Å². The number of aliphatic hydroxyl groups excluding tert-OH is 2. The zero-order valence-corrected chi connectivity index (χ0v) is 21.9. The van der Waals surface area contributed by atoms with Gasteiger partial charge >= 0.3 is 5.13 Å². The predicted molar refractivity (Wildman–Crippen MR) is 147 cm³/mol. The number of rotatable bonds is 12. The fourth-order valence-corrected chi connectivity index (χ4v) is 4.80. The van der Waals surface area contributed by atoms with Gasteiger partial charge in [0.2, 0.25) is 0 Å². The number of carbonyl (C=O) groups excluding carboxylic acids is 1. The Labute approximate surface area is 227 Å². The lowest BCUT2D eigenvalue weighted by atomic mass is 10.2. The van der Waals surface area contributed by atoms with Crippen LogP contribution in [0.25, 0.3) is 10.2 Å². The Kier molecular flexibility index (Phi) is 9.10. The molecule has 13 heteroatoms. The third-order valence-electron chi connectivity index (χ3n) is 5.72. The fourth-order valence-electron chi connectivity index (χ4n) is 3.80. The topological polar surface area (TPSA) is 154 Å². The van der Waals surface area contributed by atoms with E-state index in [1.807, 2.05) is 6.07 Å². The molecular formula is C26H27N6O6S+. The van der Waals surface area contributed by atoms with Gasteiger partial charge in [-0.05, 0) is 52.8 Å². The van der Waals surface area contributed by atoms with Crippen LogP contribution in [-0.2, 0) is 11.8 Å². The Hall–Kier alpha value is -4.46. The largest absolute Gasteiger partial charge is 0.484 e. The highest BCUT2D eigenvalue weighted by molar-refractivity contribution is 7.21. The predicted octanol–water partition coefficient (Wildman–Crippen LogP) is 3.86. The van der Waals surface area contributed by atoms with Crippen LogP contribution in [0.15, 0.2) is 77.0 Å². The lowest BCUT2D eigenvalue weighted by Gasteiger charge is -2.23. The van der Waals surface area contributed by atoms with Gasteiger partial charge in [-0.1, -0.05) is 18.2 Å². The molecule has 3 aromatic carbocycles. The van der Waals surface area contributed by atoms with Crippen LogP contribution in [0, 0.1) is 10.1 Å². The molecule has 0 fully saturated rings. The van der Waals surface area contributed by atoms with Crippen molar-refractivity contribution in [2.75, 3.05) is 43.1 Å². The number of para-hydroxylation sites is 1. The molecule has 1 aromatic heterocycles. The molecule has 4 aromatic rings. The van der Waals surface area contributed by atoms with E-state index in [1.54, 1.807) is 65.0 Å². The molecule has 39 heavy (non-hydrogen) atoms. The van der Waals surface area contributed by atoms with E-state index in [2.05, 4.69) is 15.5 Å². The van der Waals surface area contributed by atoms with E-state index in [4.69, 9.17) is 4.74 Å². The minimum atomic E-state index is -0.449. The van der Waals surface area contributed by atoms with E-state index < -0.39 is 10.8 Å². The first-order valence-electron chi connectivity index (χ1n) is 12.0. The number of thiazole rings is 1. The second kappa shape index (κ2) is 12.9. The lowest BCUT2D eigenvalue weighted by Crippen LogP contribution is -2.29. The molecule has 0 unspecified atom stereocenters. The molecule has 0 spiro atoms. The van der Waals surface area contributed by atoms with Gasteiger partial charge in [-0.25, -0.2) is 4.57 Å². The van der Waals surface area contributed by atoms with Crippen molar-refractivity contribution in [1.82, 2.24) is 0 Å². The molecule has 0 saturated carbocycles. The van der Waals surface area contributed by atoms with Crippen LogP contribution >= 0.6 is 11.3 Å². The number of nitrogens with one attached hydrogen (secondary N) is 1. The minimum absolute atomic E-state index is 0.0125. The number of anilines is 2. The number of aliphatic hydroxyl groups is 2. The number of carbonyl (C=O) groups is 1. The number of ether oxygens (including phenoxy) is 1. The molecule has 1 heterocycles. The number of hydrogen-bond donors (Lipinski definition) is 3. The zero-order chi connectivity index (χ0) is 27.8. The molecule has 0 aliphatic carbocycles. The van der Waals surface area contributed by atoms with Gasteiger partial charge in [-0.2, -0.15) is 0 Å². The Balaban J connectivity index is 1.63. The molecule has 4 rings (SSSR count). The van der Waals surface area contributed by atoms with Crippen LogP contribution in [0.2, 0.25) is 0 Å². The highest BCUT2D eigenvalue weighted by Crippen LogP contribution is 2.34. The van der Waals surface area contributed by atoms with Crippen molar-refractivity contribution in [3.8, 4) is 5.75 Å². The highest BCUT2D eigenvalue weighted by Gasteiger charge is 2.20. The molecule has 202 valence electrons. The van der Waals surface area contributed by atoms with Gasteiger partial charge in [0.25, 0.3) is 11.6 Å². The summed E-state index contributed by atoms with van der Waals surface area (Å²) in [5.74, 6) is 0.138. The van der Waals surface area contributed by atoms with E-state index in [9.17, 15) is 25.1 Å². The van der Waals surface area contributed by atoms with Crippen LogP contribution < -0.4 is 19.5 Å². The van der Waals surface area contributed by atoms with Crippen LogP contribution in [0.3, 0.4) is 0 Å². The van der Waals surface area contributed by atoms with Crippen molar-refractivity contribution >= 4 is 55.3 Å². The summed E-state index contributed by atoms with van der Waals surface area (Å²) in [7, 11) is 1.79. The molecular weight excluding hydrogens is 524 g/mol. The van der Waals surface area contributed by atoms with Crippen molar-refractivity contribution in [3.05, 3.63) is 76.8 Å². The Bertz CT molecular complexity index is 1490. The van der Waals surface area contributed by atoms with Gasteiger partial charge < -0.3 is 25.2 Å². The van der Waals surface area contributed by atoms with Gasteiger partial charge in [-0.3, -0.25) is 14.9 Å². The molecule has 0 bridgehead atoms. The first-order chi connectivity index (χ1) is 18.9. The van der Waals surface area contributed by atoms with E-state index in [-0.39, 0.29) is 38.6 Å². The minimum Gasteiger partial charge on any atom is -0.484 e. The number of aryl methyl sites for hydroxylation is 1. The van der Waals surface area contributed by atoms with Crippen LogP contribution in [0.4, 0.5) is 27.9 Å². The fraction of sp³-hybridized carbons (Fsp3) is 0.231. The second-order valence-corrected chi connectivity index (χ2v) is 9.35. The van der Waals surface area contributed by atoms with Crippen molar-refractivity contribution in [1.29, 1.82) is 0 Å². The maximum atomic E-state index is 12.7. The average molecular weight is 552 g/mol. The number of amides is 1. The molecule has 0 aliphatic heterocycles. The highest BCUT2D eigenvalue weighted by atomic mass is 32.1. The van der Waals surface area contributed by atoms with E-state index in [1.165, 1.54) is 23.5 Å². The average Bonchev–Trinajstić information content (AvgIpc) is 3.26. The summed E-state index contributed by atoms with van der Waals surface area (Å²) in [4.78, 5) is 25.2. The number of fused-ring (bicyclic) bond motifs is 1. The van der Waals surface area contributed by atoms with E-state index >= 15 is 0 Å². The van der Waals surface area contributed by atoms with Gasteiger partial charge in [0.15, 0.2) is 6.61 Å². The molecule has 12 nitrogen and oxygen atoms in total. The van der Waals surface area contributed by atoms with Gasteiger partial charge in [0.05, 0.1) is 40.7 Å². The monoisotopic (exact) mass is 551 g/mol. The number of azo groups is 1. The van der Waals surface area contributed by atoms with Crippen LogP contribution in [0.5, 0.6) is 5.75 Å². The Morgan fingerprint density at radius 1 is 1.08 bits per heavy atom. The summed E-state index contributed by atoms with van der Waals surface area (Å²) in [5.41, 5.74) is 2.14. The molecule has 0 atom stereocenters. The number of nitrogens with zero attached hydrogens (tertiary/aromatic N) is 5. The molecule has 3 N–H and O–H groups in total. The third kappa shape index (κ3) is 6.90. The number of benzene rings is 3. The van der Waals surface area contributed by atoms with Crippen molar-refractivity contribution in [3.63, 3.8) is 0 Å². The van der Waals surface area contributed by atoms with Crippen LogP contribution in [0.1, 0.15) is 0 Å². The van der Waals surface area contributed by atoms with Gasteiger partial charge in [0.1, 0.15) is 17.0 Å². The summed E-state index contributed by atoms with van der Waals surface area (Å²) < 4.78 is 8.01. The summed E-state index contributed by atoms with van der Waals surface area (Å²) in [6.07, 6.45) is 0. The van der Waals surface area contributed by atoms with E-state index in [0.717, 1.165) is 5.52 Å². The standard InChI is InChI=1S/C26H26N6O6S/c1-30-23-10-8-19(32(36)37)16-24(23)39-26(30)29-28-21-9-7-18(31(11-13-33)12-14-34)15-22(21)27-25(35)17-38-20-5-3-2-4-6-20/h2-10,15-16,33-34H,11-14,17H2,1H3/p+1. The summed E-state index contributed by atoms with van der Waals surface area (Å²) in [6, 6.07) is 18.6. The second-order valence-electron chi connectivity index (χ2n) is 8.34. The number of nitro groups is 1. The van der Waals surface area contributed by atoms with Gasteiger partial charge in [0, 0.05) is 30.9 Å². The number of non-ortho nitro benzene ring substituents is 1. The lowest BCUT2D eigenvalue weighted by molar-refractivity contribution is -0.627. The first kappa shape index (κ1) is 27.6. The van der Waals surface area contributed by atoms with Crippen molar-refractivity contribution < 1.29 is 29.2 Å². The number of nitro benzene ring substituents is 1. The first-order valence-corrected chi connectivity index (χ1v) is 12.8. The van der Waals surface area contributed by atoms with Crippen molar-refractivity contribution in [2.45, 2.75) is 0 Å². The molecule has 0 aliphatic rings. The normalized spacial score (nSPS) is 11.2. The Morgan fingerprint density at radius 2 is 1.82 bits per heavy atom. The van der Waals surface area contributed by atoms with Gasteiger partial charge in [-0.15, -0.1) is 0 Å². The van der Waals surface area contributed by atoms with E-state index in [0.29, 0.717) is 32.6 Å². The smallest absolute Gasteiger partial charge is 0.409 e. The number of hydrogen-bond acceptors (Lipinski definition) is 10. The molecule has 0 radical (unpaired) electrons. The summed E-state index contributed by atoms with van der Waals surface area (Å²) >= 11 is 1.25. The summed E-state index contributed by atoms with van der Waals surface area (Å²) in [6.45, 7) is 0.112. The maximum Gasteiger partial charge on any atom is 0.409 e. The molecule has 1 amide bonds. The SMILES string of the molecule is C[n+]1c(N=Nc2ccc(N(CCO)CCO)cc2NC(=O)COc2ccccc2)sc2cc([N+](=O)[O-])ccc21. The van der Waals surface area contributed by atoms with Crippen molar-refractivity contribution in [2.24, 2.45) is 17.3 Å². The zero-order valence-electron chi connectivity index (χ0n) is 21.1. The third-order valence-corrected chi connectivity index (χ3v) is 6.80.